The second-order valence-electron chi connectivity index (χ2n) is 5.27. The Morgan fingerprint density at radius 2 is 2.17 bits per heavy atom. The average Bonchev–Trinajstić information content (AvgIpc) is 3.06. The van der Waals surface area contributed by atoms with Gasteiger partial charge in [-0.25, -0.2) is 0 Å². The molecule has 0 spiro atoms. The van der Waals surface area contributed by atoms with Gasteiger partial charge in [-0.2, -0.15) is 0 Å². The van der Waals surface area contributed by atoms with Crippen molar-refractivity contribution in [3.8, 4) is 5.75 Å². The minimum Gasteiger partial charge on any atom is -0.497 e. The Kier molecular flexibility index (Phi) is 4.57. The van der Waals surface area contributed by atoms with Crippen molar-refractivity contribution < 1.29 is 9.53 Å². The second-order valence-corrected chi connectivity index (χ2v) is 6.30. The number of ether oxygens (including phenoxy) is 1. The molecule has 1 N–H and O–H groups in total. The summed E-state index contributed by atoms with van der Waals surface area (Å²) in [6.45, 7) is 2.48. The monoisotopic (exact) mass is 326 g/mol. The molecule has 118 valence electrons. The fourth-order valence-electron chi connectivity index (χ4n) is 2.45. The maximum Gasteiger partial charge on any atom is 0.253 e. The van der Waals surface area contributed by atoms with E-state index in [1.165, 1.54) is 4.88 Å². The molecule has 0 unspecified atom stereocenters. The van der Waals surface area contributed by atoms with Gasteiger partial charge < -0.3 is 10.1 Å². The highest BCUT2D eigenvalue weighted by Gasteiger charge is 2.12. The number of fused-ring (bicyclic) bond motifs is 1. The lowest BCUT2D eigenvalue weighted by Crippen LogP contribution is -2.26. The summed E-state index contributed by atoms with van der Waals surface area (Å²) in [6.07, 6.45) is 0.848. The Bertz CT molecular complexity index is 828. The highest BCUT2D eigenvalue weighted by atomic mass is 32.1. The first kappa shape index (κ1) is 15.5. The minimum atomic E-state index is -0.0794. The van der Waals surface area contributed by atoms with Crippen LogP contribution in [0.15, 0.2) is 41.8 Å². The lowest BCUT2D eigenvalue weighted by Gasteiger charge is -2.09. The number of carbonyl (C=O) groups is 1. The Labute approximate surface area is 139 Å². The normalized spacial score (nSPS) is 10.7. The smallest absolute Gasteiger partial charge is 0.253 e. The third-order valence-electron chi connectivity index (χ3n) is 3.70. The number of hydrogen-bond donors (Lipinski definition) is 1. The molecule has 3 rings (SSSR count). The zero-order valence-electron chi connectivity index (χ0n) is 13.1. The number of nitrogens with zero attached hydrogens (tertiary/aromatic N) is 1. The van der Waals surface area contributed by atoms with Gasteiger partial charge in [-0.15, -0.1) is 11.3 Å². The van der Waals surface area contributed by atoms with Crippen LogP contribution in [0, 0.1) is 6.92 Å². The number of carbonyl (C=O) groups excluding carboxylic acids is 1. The number of methoxy groups -OCH3 is 1. The number of pyridine rings is 1. The van der Waals surface area contributed by atoms with Crippen molar-refractivity contribution in [3.63, 3.8) is 0 Å². The zero-order chi connectivity index (χ0) is 16.2. The van der Waals surface area contributed by atoms with Gasteiger partial charge in [-0.3, -0.25) is 9.78 Å². The topological polar surface area (TPSA) is 51.2 Å². The summed E-state index contributed by atoms with van der Waals surface area (Å²) in [4.78, 5) is 18.2. The molecular weight excluding hydrogens is 308 g/mol. The van der Waals surface area contributed by atoms with Crippen LogP contribution in [0.25, 0.3) is 10.9 Å². The summed E-state index contributed by atoms with van der Waals surface area (Å²) in [6, 6.07) is 11.7. The first-order valence-electron chi connectivity index (χ1n) is 7.43. The lowest BCUT2D eigenvalue weighted by atomic mass is 10.1. The van der Waals surface area contributed by atoms with Crippen LogP contribution in [-0.4, -0.2) is 24.5 Å². The molecule has 1 amide bonds. The molecule has 0 radical (unpaired) electrons. The van der Waals surface area contributed by atoms with Crippen molar-refractivity contribution >= 4 is 28.1 Å². The standard InChI is InChI=1S/C18H18N2O2S/c1-12-16(18(21)19-8-7-15-4-3-9-23-15)10-13-5-6-14(22-2)11-17(13)20-12/h3-6,9-11H,7-8H2,1-2H3,(H,19,21). The largest absolute Gasteiger partial charge is 0.497 e. The predicted octanol–water partition coefficient (Wildman–Crippen LogP) is 3.59. The van der Waals surface area contributed by atoms with E-state index >= 15 is 0 Å². The maximum atomic E-state index is 12.4. The molecule has 0 aliphatic rings. The van der Waals surface area contributed by atoms with Crippen molar-refractivity contribution in [1.82, 2.24) is 10.3 Å². The summed E-state index contributed by atoms with van der Waals surface area (Å²) in [7, 11) is 1.63. The minimum absolute atomic E-state index is 0.0794. The Balaban J connectivity index is 1.75. The van der Waals surface area contributed by atoms with Crippen LogP contribution in [0.3, 0.4) is 0 Å². The number of rotatable bonds is 5. The Morgan fingerprint density at radius 1 is 1.30 bits per heavy atom. The van der Waals surface area contributed by atoms with E-state index in [2.05, 4.69) is 16.4 Å². The van der Waals surface area contributed by atoms with Crippen LogP contribution in [0.2, 0.25) is 0 Å². The molecular formula is C18H18N2O2S. The van der Waals surface area contributed by atoms with Crippen molar-refractivity contribution in [2.24, 2.45) is 0 Å². The van der Waals surface area contributed by atoms with Gasteiger partial charge in [0.05, 0.1) is 23.9 Å². The van der Waals surface area contributed by atoms with Gasteiger partial charge in [0, 0.05) is 22.9 Å². The maximum absolute atomic E-state index is 12.4. The number of thiophene rings is 1. The van der Waals surface area contributed by atoms with Crippen LogP contribution >= 0.6 is 11.3 Å². The summed E-state index contributed by atoms with van der Waals surface area (Å²) in [5, 5.41) is 5.94. The van der Waals surface area contributed by atoms with Crippen LogP contribution in [0.5, 0.6) is 5.75 Å². The van der Waals surface area contributed by atoms with Crippen LogP contribution < -0.4 is 10.1 Å². The quantitative estimate of drug-likeness (QED) is 0.779. The molecule has 0 atom stereocenters. The van der Waals surface area contributed by atoms with Gasteiger partial charge in [0.15, 0.2) is 0 Å². The van der Waals surface area contributed by atoms with Crippen molar-refractivity contribution in [1.29, 1.82) is 0 Å². The average molecular weight is 326 g/mol. The Hall–Kier alpha value is -2.40. The van der Waals surface area contributed by atoms with Gasteiger partial charge in [-0.1, -0.05) is 6.07 Å². The van der Waals surface area contributed by atoms with E-state index in [1.54, 1.807) is 18.4 Å². The molecule has 1 aromatic carbocycles. The second kappa shape index (κ2) is 6.79. The molecule has 0 bridgehead atoms. The summed E-state index contributed by atoms with van der Waals surface area (Å²) in [5.41, 5.74) is 2.17. The van der Waals surface area contributed by atoms with Crippen molar-refractivity contribution in [2.75, 3.05) is 13.7 Å². The fourth-order valence-corrected chi connectivity index (χ4v) is 3.16. The first-order valence-corrected chi connectivity index (χ1v) is 8.31. The molecule has 2 heterocycles. The molecule has 0 aliphatic heterocycles. The fraction of sp³-hybridized carbons (Fsp3) is 0.222. The Morgan fingerprint density at radius 3 is 2.91 bits per heavy atom. The molecule has 0 saturated carbocycles. The molecule has 5 heteroatoms. The molecule has 3 aromatic rings. The van der Waals surface area contributed by atoms with Gasteiger partial charge in [0.2, 0.25) is 0 Å². The van der Waals surface area contributed by atoms with Crippen LogP contribution in [0.1, 0.15) is 20.9 Å². The highest BCUT2D eigenvalue weighted by molar-refractivity contribution is 7.09. The van der Waals surface area contributed by atoms with Gasteiger partial charge in [0.1, 0.15) is 5.75 Å². The summed E-state index contributed by atoms with van der Waals surface area (Å²) < 4.78 is 5.21. The summed E-state index contributed by atoms with van der Waals surface area (Å²) in [5.74, 6) is 0.682. The number of benzene rings is 1. The third kappa shape index (κ3) is 3.51. The van der Waals surface area contributed by atoms with Crippen LogP contribution in [0.4, 0.5) is 0 Å². The van der Waals surface area contributed by atoms with E-state index in [-0.39, 0.29) is 5.91 Å². The van der Waals surface area contributed by atoms with Gasteiger partial charge in [-0.05, 0) is 43.0 Å². The number of nitrogens with one attached hydrogen (secondary N) is 1. The number of amides is 1. The number of aromatic nitrogens is 1. The summed E-state index contributed by atoms with van der Waals surface area (Å²) >= 11 is 1.70. The van der Waals surface area contributed by atoms with E-state index in [0.717, 1.165) is 28.8 Å². The van der Waals surface area contributed by atoms with E-state index in [9.17, 15) is 4.79 Å². The number of hydrogen-bond acceptors (Lipinski definition) is 4. The zero-order valence-corrected chi connectivity index (χ0v) is 13.9. The van der Waals surface area contributed by atoms with Crippen molar-refractivity contribution in [2.45, 2.75) is 13.3 Å². The number of aryl methyl sites for hydroxylation is 1. The molecule has 0 fully saturated rings. The lowest BCUT2D eigenvalue weighted by molar-refractivity contribution is 0.0953. The van der Waals surface area contributed by atoms with Crippen LogP contribution in [-0.2, 0) is 6.42 Å². The van der Waals surface area contributed by atoms with Crippen molar-refractivity contribution in [3.05, 3.63) is 57.9 Å². The first-order chi connectivity index (χ1) is 11.2. The molecule has 2 aromatic heterocycles. The molecule has 23 heavy (non-hydrogen) atoms. The third-order valence-corrected chi connectivity index (χ3v) is 4.63. The molecule has 0 aliphatic carbocycles. The van der Waals surface area contributed by atoms with E-state index in [0.29, 0.717) is 12.1 Å². The SMILES string of the molecule is COc1ccc2cc(C(=O)NCCc3cccs3)c(C)nc2c1. The molecule has 4 nitrogen and oxygen atoms in total. The highest BCUT2D eigenvalue weighted by Crippen LogP contribution is 2.21. The molecule has 0 saturated heterocycles. The predicted molar refractivity (Wildman–Crippen MR) is 93.4 cm³/mol. The van der Waals surface area contributed by atoms with E-state index in [4.69, 9.17) is 4.74 Å². The van der Waals surface area contributed by atoms with E-state index < -0.39 is 0 Å². The van der Waals surface area contributed by atoms with Gasteiger partial charge in [0.25, 0.3) is 5.91 Å². The van der Waals surface area contributed by atoms with Gasteiger partial charge >= 0.3 is 0 Å². The van der Waals surface area contributed by atoms with E-state index in [1.807, 2.05) is 42.6 Å².